The summed E-state index contributed by atoms with van der Waals surface area (Å²) in [6.45, 7) is 0. The number of sulfone groups is 1. The molecule has 90 valence electrons. The Morgan fingerprint density at radius 2 is 1.94 bits per heavy atom. The van der Waals surface area contributed by atoms with Gasteiger partial charge in [0.15, 0.2) is 15.6 Å². The van der Waals surface area contributed by atoms with E-state index in [9.17, 15) is 8.42 Å². The second kappa shape index (κ2) is 4.62. The molecule has 4 nitrogen and oxygen atoms in total. The van der Waals surface area contributed by atoms with Gasteiger partial charge in [0, 0.05) is 23.2 Å². The highest BCUT2D eigenvalue weighted by atomic mass is 79.9. The average Bonchev–Trinajstić information content (AvgIpc) is 2.76. The van der Waals surface area contributed by atoms with Crippen LogP contribution in [0.4, 0.5) is 0 Å². The van der Waals surface area contributed by atoms with Crippen molar-refractivity contribution in [2.45, 2.75) is 10.2 Å². The van der Waals surface area contributed by atoms with E-state index in [0.29, 0.717) is 16.0 Å². The summed E-state index contributed by atoms with van der Waals surface area (Å²) < 4.78 is 27.7. The highest BCUT2D eigenvalue weighted by Crippen LogP contribution is 2.22. The minimum atomic E-state index is -3.15. The monoisotopic (exact) mass is 315 g/mol. The van der Waals surface area contributed by atoms with Crippen molar-refractivity contribution in [3.05, 3.63) is 36.0 Å². The van der Waals surface area contributed by atoms with Crippen molar-refractivity contribution in [2.24, 2.45) is 0 Å². The first kappa shape index (κ1) is 12.3. The molecule has 0 aliphatic rings. The average molecular weight is 316 g/mol. The molecule has 0 unspecified atom stereocenters. The van der Waals surface area contributed by atoms with Gasteiger partial charge in [-0.25, -0.2) is 8.42 Å². The van der Waals surface area contributed by atoms with E-state index < -0.39 is 9.84 Å². The molecule has 1 heterocycles. The maximum atomic E-state index is 11.3. The Balaban J connectivity index is 2.35. The summed E-state index contributed by atoms with van der Waals surface area (Å²) in [6, 6.07) is 8.33. The molecule has 2 aromatic rings. The van der Waals surface area contributed by atoms with E-state index in [1.807, 2.05) is 6.07 Å². The molecular weight excluding hydrogens is 306 g/mol. The Bertz CT molecular complexity index is 616. The zero-order chi connectivity index (χ0) is 12.5. The summed E-state index contributed by atoms with van der Waals surface area (Å²) in [6.07, 6.45) is 1.18. The van der Waals surface area contributed by atoms with Gasteiger partial charge in [-0.3, -0.25) is 0 Å². The van der Waals surface area contributed by atoms with E-state index in [1.165, 1.54) is 6.26 Å². The first-order chi connectivity index (χ1) is 8.00. The van der Waals surface area contributed by atoms with Crippen LogP contribution in [0.15, 0.2) is 39.8 Å². The second-order valence-electron chi connectivity index (χ2n) is 3.61. The third kappa shape index (κ3) is 2.76. The van der Waals surface area contributed by atoms with Gasteiger partial charge in [-0.15, -0.1) is 0 Å². The van der Waals surface area contributed by atoms with E-state index in [-0.39, 0.29) is 0 Å². The molecule has 0 spiro atoms. The minimum absolute atomic E-state index is 0.293. The lowest BCUT2D eigenvalue weighted by Crippen LogP contribution is -1.95. The number of hydrogen-bond acceptors (Lipinski definition) is 4. The van der Waals surface area contributed by atoms with Crippen LogP contribution in [-0.4, -0.2) is 19.8 Å². The molecule has 0 bridgehead atoms. The van der Waals surface area contributed by atoms with Crippen LogP contribution in [0, 0.1) is 0 Å². The summed E-state index contributed by atoms with van der Waals surface area (Å²) >= 11 is 3.28. The van der Waals surface area contributed by atoms with Crippen molar-refractivity contribution in [3.63, 3.8) is 0 Å². The van der Waals surface area contributed by atoms with Gasteiger partial charge >= 0.3 is 0 Å². The third-order valence-corrected chi connectivity index (χ3v) is 3.97. The standard InChI is InChI=1S/C11H10BrNO3S/c1-17(14,15)10-4-2-8(3-5-10)11-6-9(7-12)13-16-11/h2-6H,7H2,1H3. The number of benzene rings is 1. The van der Waals surface area contributed by atoms with Crippen LogP contribution in [0.25, 0.3) is 11.3 Å². The first-order valence-corrected chi connectivity index (χ1v) is 7.84. The summed E-state index contributed by atoms with van der Waals surface area (Å²) in [5.41, 5.74) is 1.60. The molecule has 0 aliphatic heterocycles. The zero-order valence-corrected chi connectivity index (χ0v) is 11.5. The van der Waals surface area contributed by atoms with E-state index in [1.54, 1.807) is 24.3 Å². The van der Waals surface area contributed by atoms with Crippen molar-refractivity contribution >= 4 is 25.8 Å². The fourth-order valence-electron chi connectivity index (χ4n) is 1.38. The van der Waals surface area contributed by atoms with Crippen LogP contribution in [0.3, 0.4) is 0 Å². The Kier molecular flexibility index (Phi) is 3.35. The molecule has 1 aromatic carbocycles. The number of hydrogen-bond donors (Lipinski definition) is 0. The zero-order valence-electron chi connectivity index (χ0n) is 9.05. The van der Waals surface area contributed by atoms with E-state index in [0.717, 1.165) is 11.3 Å². The number of alkyl halides is 1. The molecular formula is C11H10BrNO3S. The van der Waals surface area contributed by atoms with Crippen LogP contribution >= 0.6 is 15.9 Å². The van der Waals surface area contributed by atoms with Crippen molar-refractivity contribution in [3.8, 4) is 11.3 Å². The number of aromatic nitrogens is 1. The highest BCUT2D eigenvalue weighted by Gasteiger charge is 2.09. The summed E-state index contributed by atoms with van der Waals surface area (Å²) in [5.74, 6) is 0.625. The lowest BCUT2D eigenvalue weighted by Gasteiger charge is -1.99. The Labute approximate surface area is 108 Å². The summed E-state index contributed by atoms with van der Waals surface area (Å²) in [5, 5.41) is 4.47. The van der Waals surface area contributed by atoms with Gasteiger partial charge in [-0.1, -0.05) is 21.1 Å². The van der Waals surface area contributed by atoms with Crippen LogP contribution in [-0.2, 0) is 15.2 Å². The van der Waals surface area contributed by atoms with E-state index in [2.05, 4.69) is 21.1 Å². The molecule has 0 radical (unpaired) electrons. The molecule has 0 saturated carbocycles. The smallest absolute Gasteiger partial charge is 0.175 e. The second-order valence-corrected chi connectivity index (χ2v) is 6.19. The number of nitrogens with zero attached hydrogens (tertiary/aromatic N) is 1. The van der Waals surface area contributed by atoms with Gasteiger partial charge in [0.2, 0.25) is 0 Å². The Morgan fingerprint density at radius 1 is 1.29 bits per heavy atom. The topological polar surface area (TPSA) is 60.2 Å². The van der Waals surface area contributed by atoms with Gasteiger partial charge in [0.1, 0.15) is 0 Å². The molecule has 0 fully saturated rings. The van der Waals surface area contributed by atoms with Gasteiger partial charge in [-0.2, -0.15) is 0 Å². The van der Waals surface area contributed by atoms with Gasteiger partial charge in [0.05, 0.1) is 10.6 Å². The minimum Gasteiger partial charge on any atom is -0.356 e. The van der Waals surface area contributed by atoms with E-state index >= 15 is 0 Å². The molecule has 1 aromatic heterocycles. The lowest BCUT2D eigenvalue weighted by molar-refractivity contribution is 0.426. The summed E-state index contributed by atoms with van der Waals surface area (Å²) in [7, 11) is -3.15. The lowest BCUT2D eigenvalue weighted by atomic mass is 10.2. The predicted molar refractivity (Wildman–Crippen MR) is 67.7 cm³/mol. The molecule has 0 atom stereocenters. The van der Waals surface area contributed by atoms with Gasteiger partial charge in [0.25, 0.3) is 0 Å². The van der Waals surface area contributed by atoms with Crippen LogP contribution < -0.4 is 0 Å². The third-order valence-electron chi connectivity index (χ3n) is 2.26. The Morgan fingerprint density at radius 3 is 2.41 bits per heavy atom. The fourth-order valence-corrected chi connectivity index (χ4v) is 2.27. The van der Waals surface area contributed by atoms with E-state index in [4.69, 9.17) is 4.52 Å². The first-order valence-electron chi connectivity index (χ1n) is 4.83. The SMILES string of the molecule is CS(=O)(=O)c1ccc(-c2cc(CBr)no2)cc1. The van der Waals surface area contributed by atoms with Crippen molar-refractivity contribution in [1.29, 1.82) is 0 Å². The largest absolute Gasteiger partial charge is 0.356 e. The number of halogens is 1. The predicted octanol–water partition coefficient (Wildman–Crippen LogP) is 2.64. The van der Waals surface area contributed by atoms with Gasteiger partial charge < -0.3 is 4.52 Å². The van der Waals surface area contributed by atoms with Crippen molar-refractivity contribution in [2.75, 3.05) is 6.26 Å². The maximum Gasteiger partial charge on any atom is 0.175 e. The summed E-state index contributed by atoms with van der Waals surface area (Å²) in [4.78, 5) is 0.293. The Hall–Kier alpha value is -1.14. The fraction of sp³-hybridized carbons (Fsp3) is 0.182. The normalized spacial score (nSPS) is 11.6. The molecule has 6 heteroatoms. The molecule has 0 amide bonds. The van der Waals surface area contributed by atoms with Gasteiger partial charge in [-0.05, 0) is 24.3 Å². The quantitative estimate of drug-likeness (QED) is 0.817. The molecule has 0 aliphatic carbocycles. The highest BCUT2D eigenvalue weighted by molar-refractivity contribution is 9.08. The molecule has 0 N–H and O–H groups in total. The van der Waals surface area contributed by atoms with Crippen LogP contribution in [0.1, 0.15) is 5.69 Å². The van der Waals surface area contributed by atoms with Crippen molar-refractivity contribution < 1.29 is 12.9 Å². The maximum absolute atomic E-state index is 11.3. The molecule has 17 heavy (non-hydrogen) atoms. The number of rotatable bonds is 3. The van der Waals surface area contributed by atoms with Crippen LogP contribution in [0.5, 0.6) is 0 Å². The van der Waals surface area contributed by atoms with Crippen molar-refractivity contribution in [1.82, 2.24) is 5.16 Å². The van der Waals surface area contributed by atoms with Crippen LogP contribution in [0.2, 0.25) is 0 Å². The molecule has 0 saturated heterocycles. The molecule has 2 rings (SSSR count).